The molecule has 0 fully saturated rings. The summed E-state index contributed by atoms with van der Waals surface area (Å²) in [5.41, 5.74) is 0.598. The van der Waals surface area contributed by atoms with E-state index in [0.29, 0.717) is 5.69 Å². The van der Waals surface area contributed by atoms with Gasteiger partial charge in [-0.05, 0) is 45.0 Å². The lowest BCUT2D eigenvalue weighted by molar-refractivity contribution is -0.383. The van der Waals surface area contributed by atoms with Gasteiger partial charge in [0.2, 0.25) is 0 Å². The van der Waals surface area contributed by atoms with Gasteiger partial charge >= 0.3 is 6.09 Å². The van der Waals surface area contributed by atoms with Crippen LogP contribution in [-0.4, -0.2) is 16.6 Å². The summed E-state index contributed by atoms with van der Waals surface area (Å²) in [5.74, 6) is 0. The van der Waals surface area contributed by atoms with Gasteiger partial charge in [0.05, 0.1) is 4.92 Å². The Balaban J connectivity index is 2.25. The van der Waals surface area contributed by atoms with Crippen LogP contribution in [-0.2, 0) is 4.74 Å². The molecular weight excluding hydrogens is 310 g/mol. The van der Waals surface area contributed by atoms with Gasteiger partial charge in [-0.2, -0.15) is 0 Å². The molecule has 0 unspecified atom stereocenters. The highest BCUT2D eigenvalue weighted by atomic mass is 16.6. The fourth-order valence-corrected chi connectivity index (χ4v) is 1.97. The number of hydrogen-bond acceptors (Lipinski definition) is 5. The molecule has 0 aliphatic heterocycles. The zero-order chi connectivity index (χ0) is 17.7. The van der Waals surface area contributed by atoms with Crippen molar-refractivity contribution in [1.82, 2.24) is 0 Å². The predicted octanol–water partition coefficient (Wildman–Crippen LogP) is 4.69. The average molecular weight is 329 g/mol. The van der Waals surface area contributed by atoms with E-state index in [1.165, 1.54) is 12.1 Å². The quantitative estimate of drug-likeness (QED) is 0.627. The molecule has 0 aliphatic rings. The van der Waals surface area contributed by atoms with Crippen LogP contribution in [0.2, 0.25) is 0 Å². The summed E-state index contributed by atoms with van der Waals surface area (Å²) >= 11 is 0. The van der Waals surface area contributed by atoms with Crippen LogP contribution in [0.1, 0.15) is 20.8 Å². The zero-order valence-corrected chi connectivity index (χ0v) is 13.7. The molecule has 0 saturated heterocycles. The molecule has 0 aromatic heterocycles. The number of nitrogens with zero attached hydrogens (tertiary/aromatic N) is 1. The van der Waals surface area contributed by atoms with Crippen molar-refractivity contribution < 1.29 is 14.5 Å². The van der Waals surface area contributed by atoms with E-state index in [1.54, 1.807) is 26.8 Å². The van der Waals surface area contributed by atoms with Crippen LogP contribution in [0.25, 0.3) is 0 Å². The molecule has 126 valence electrons. The van der Waals surface area contributed by atoms with Crippen LogP contribution >= 0.6 is 0 Å². The first-order chi connectivity index (χ1) is 11.2. The highest BCUT2D eigenvalue weighted by Crippen LogP contribution is 2.29. The molecule has 0 bridgehead atoms. The number of nitro benzene ring substituents is 1. The van der Waals surface area contributed by atoms with E-state index >= 15 is 0 Å². The Labute approximate surface area is 139 Å². The van der Waals surface area contributed by atoms with Gasteiger partial charge in [0.15, 0.2) is 0 Å². The molecule has 0 saturated carbocycles. The molecule has 24 heavy (non-hydrogen) atoms. The number of carbonyl (C=O) groups excluding carboxylic acids is 1. The summed E-state index contributed by atoms with van der Waals surface area (Å²) in [5, 5.41) is 16.7. The summed E-state index contributed by atoms with van der Waals surface area (Å²) < 4.78 is 5.14. The molecule has 7 heteroatoms. The molecule has 0 spiro atoms. The largest absolute Gasteiger partial charge is 0.444 e. The Bertz CT molecular complexity index is 739. The second-order valence-electron chi connectivity index (χ2n) is 6.11. The first-order valence-electron chi connectivity index (χ1n) is 7.35. The molecule has 2 aromatic rings. The molecule has 0 heterocycles. The maximum absolute atomic E-state index is 11.9. The van der Waals surface area contributed by atoms with E-state index in [1.807, 2.05) is 30.3 Å². The molecule has 2 N–H and O–H groups in total. The van der Waals surface area contributed by atoms with Crippen LogP contribution < -0.4 is 10.6 Å². The number of para-hydroxylation sites is 1. The number of ether oxygens (including phenoxy) is 1. The third-order valence-corrected chi connectivity index (χ3v) is 2.89. The standard InChI is InChI=1S/C17H19N3O4/c1-17(2,3)24-16(21)19-14-11-13(9-10-15(14)20(22)23)18-12-7-5-4-6-8-12/h4-11,18H,1-3H3,(H,19,21). The SMILES string of the molecule is CC(C)(C)OC(=O)Nc1cc(Nc2ccccc2)ccc1[N+](=O)[O-]. The van der Waals surface area contributed by atoms with Crippen LogP contribution in [0, 0.1) is 10.1 Å². The minimum Gasteiger partial charge on any atom is -0.444 e. The topological polar surface area (TPSA) is 93.5 Å². The predicted molar refractivity (Wildman–Crippen MR) is 92.7 cm³/mol. The molecule has 7 nitrogen and oxygen atoms in total. The third kappa shape index (κ3) is 4.98. The number of nitrogens with one attached hydrogen (secondary N) is 2. The Hall–Kier alpha value is -3.09. The van der Waals surface area contributed by atoms with E-state index in [-0.39, 0.29) is 11.4 Å². The zero-order valence-electron chi connectivity index (χ0n) is 13.7. The van der Waals surface area contributed by atoms with Crippen molar-refractivity contribution in [1.29, 1.82) is 0 Å². The number of amides is 1. The molecular formula is C17H19N3O4. The molecule has 0 radical (unpaired) electrons. The first kappa shape index (κ1) is 17.3. The van der Waals surface area contributed by atoms with Crippen LogP contribution in [0.15, 0.2) is 48.5 Å². The van der Waals surface area contributed by atoms with Gasteiger partial charge in [0, 0.05) is 17.4 Å². The highest BCUT2D eigenvalue weighted by molar-refractivity contribution is 5.89. The molecule has 0 atom stereocenters. The number of carbonyl (C=O) groups is 1. The molecule has 2 aromatic carbocycles. The normalized spacial score (nSPS) is 10.8. The summed E-state index contributed by atoms with van der Waals surface area (Å²) in [6.45, 7) is 5.15. The molecule has 1 amide bonds. The number of hydrogen-bond donors (Lipinski definition) is 2. The van der Waals surface area contributed by atoms with Gasteiger partial charge in [-0.3, -0.25) is 15.4 Å². The van der Waals surface area contributed by atoms with E-state index < -0.39 is 16.6 Å². The maximum Gasteiger partial charge on any atom is 0.412 e. The summed E-state index contributed by atoms with van der Waals surface area (Å²) in [6, 6.07) is 13.8. The third-order valence-electron chi connectivity index (χ3n) is 2.89. The second kappa shape index (κ2) is 6.99. The van der Waals surface area contributed by atoms with E-state index in [2.05, 4.69) is 10.6 Å². The van der Waals surface area contributed by atoms with Crippen LogP contribution in [0.4, 0.5) is 27.5 Å². The highest BCUT2D eigenvalue weighted by Gasteiger charge is 2.21. The van der Waals surface area contributed by atoms with Crippen molar-refractivity contribution in [2.24, 2.45) is 0 Å². The van der Waals surface area contributed by atoms with Crippen LogP contribution in [0.3, 0.4) is 0 Å². The lowest BCUT2D eigenvalue weighted by Gasteiger charge is -2.19. The van der Waals surface area contributed by atoms with Gasteiger partial charge in [-0.25, -0.2) is 4.79 Å². The lowest BCUT2D eigenvalue weighted by atomic mass is 10.2. The van der Waals surface area contributed by atoms with E-state index in [4.69, 9.17) is 4.74 Å². The van der Waals surface area contributed by atoms with Gasteiger partial charge in [-0.15, -0.1) is 0 Å². The van der Waals surface area contributed by atoms with Crippen LogP contribution in [0.5, 0.6) is 0 Å². The van der Waals surface area contributed by atoms with Crippen molar-refractivity contribution in [3.05, 3.63) is 58.6 Å². The Morgan fingerprint density at radius 1 is 1.08 bits per heavy atom. The Morgan fingerprint density at radius 3 is 2.33 bits per heavy atom. The minimum absolute atomic E-state index is 0.0650. The summed E-state index contributed by atoms with van der Waals surface area (Å²) in [7, 11) is 0. The van der Waals surface area contributed by atoms with Crippen molar-refractivity contribution in [3.8, 4) is 0 Å². The van der Waals surface area contributed by atoms with Gasteiger partial charge in [-0.1, -0.05) is 18.2 Å². The van der Waals surface area contributed by atoms with E-state index in [9.17, 15) is 14.9 Å². The molecule has 2 rings (SSSR count). The average Bonchev–Trinajstić information content (AvgIpc) is 2.46. The van der Waals surface area contributed by atoms with Gasteiger partial charge in [0.1, 0.15) is 11.3 Å². The first-order valence-corrected chi connectivity index (χ1v) is 7.35. The minimum atomic E-state index is -0.748. The van der Waals surface area contributed by atoms with Gasteiger partial charge < -0.3 is 10.1 Å². The van der Waals surface area contributed by atoms with Crippen molar-refractivity contribution in [3.63, 3.8) is 0 Å². The van der Waals surface area contributed by atoms with Crippen molar-refractivity contribution in [2.45, 2.75) is 26.4 Å². The maximum atomic E-state index is 11.9. The number of anilines is 3. The fraction of sp³-hybridized carbons (Fsp3) is 0.235. The Kier molecular flexibility index (Phi) is 5.03. The number of benzene rings is 2. The fourth-order valence-electron chi connectivity index (χ4n) is 1.97. The van der Waals surface area contributed by atoms with Crippen molar-refractivity contribution in [2.75, 3.05) is 10.6 Å². The summed E-state index contributed by atoms with van der Waals surface area (Å²) in [6.07, 6.45) is -0.748. The van der Waals surface area contributed by atoms with Gasteiger partial charge in [0.25, 0.3) is 5.69 Å². The van der Waals surface area contributed by atoms with Crippen molar-refractivity contribution >= 4 is 28.8 Å². The number of nitro groups is 1. The number of rotatable bonds is 4. The summed E-state index contributed by atoms with van der Waals surface area (Å²) in [4.78, 5) is 22.5. The lowest BCUT2D eigenvalue weighted by Crippen LogP contribution is -2.27. The van der Waals surface area contributed by atoms with E-state index in [0.717, 1.165) is 5.69 Å². The Morgan fingerprint density at radius 2 is 1.75 bits per heavy atom. The smallest absolute Gasteiger partial charge is 0.412 e. The second-order valence-corrected chi connectivity index (χ2v) is 6.11. The monoisotopic (exact) mass is 329 g/mol. The molecule has 0 aliphatic carbocycles.